The van der Waals surface area contributed by atoms with Crippen LogP contribution in [0.4, 0.5) is 0 Å². The Morgan fingerprint density at radius 2 is 2.46 bits per heavy atom. The van der Waals surface area contributed by atoms with E-state index in [0.29, 0.717) is 9.21 Å². The average molecular weight is 221 g/mol. The fourth-order valence-corrected chi connectivity index (χ4v) is 1.63. The van der Waals surface area contributed by atoms with Crippen LogP contribution in [-0.4, -0.2) is 23.8 Å². The molecule has 0 amide bonds. The summed E-state index contributed by atoms with van der Waals surface area (Å²) in [4.78, 5) is 11.6. The first kappa shape index (κ1) is 10.5. The maximum atomic E-state index is 11.2. The second kappa shape index (κ2) is 4.60. The summed E-state index contributed by atoms with van der Waals surface area (Å²) >= 11 is 6.79. The van der Waals surface area contributed by atoms with Gasteiger partial charge in [0.2, 0.25) is 0 Å². The molecule has 0 aromatic carbocycles. The number of halogens is 1. The quantitative estimate of drug-likeness (QED) is 0.792. The molecule has 13 heavy (non-hydrogen) atoms. The molecule has 0 radical (unpaired) electrons. The highest BCUT2D eigenvalue weighted by Crippen LogP contribution is 2.21. The molecular weight excluding hydrogens is 212 g/mol. The normalized spacial score (nSPS) is 12.5. The summed E-state index contributed by atoms with van der Waals surface area (Å²) in [5.74, 6) is -0.446. The summed E-state index contributed by atoms with van der Waals surface area (Å²) < 4.78 is 5.31. The molecule has 1 heterocycles. The van der Waals surface area contributed by atoms with Gasteiger partial charge in [-0.15, -0.1) is 11.3 Å². The molecule has 0 aliphatic heterocycles. The van der Waals surface area contributed by atoms with Crippen LogP contribution in [0.3, 0.4) is 0 Å². The number of carbonyl (C=O) groups excluding carboxylic acids is 1. The van der Waals surface area contributed by atoms with Crippen LogP contribution in [0.5, 0.6) is 0 Å². The minimum atomic E-state index is -0.639. The van der Waals surface area contributed by atoms with Crippen molar-refractivity contribution >= 4 is 28.9 Å². The molecule has 0 spiro atoms. The molecule has 1 aromatic heterocycles. The molecule has 3 nitrogen and oxygen atoms in total. The van der Waals surface area contributed by atoms with Crippen LogP contribution in [0.25, 0.3) is 0 Å². The van der Waals surface area contributed by atoms with Crippen LogP contribution in [0.2, 0.25) is 4.34 Å². The van der Waals surface area contributed by atoms with E-state index in [4.69, 9.17) is 21.4 Å². The van der Waals surface area contributed by atoms with Gasteiger partial charge in [0.05, 0.1) is 10.4 Å². The maximum Gasteiger partial charge on any atom is 0.348 e. The number of esters is 1. The summed E-state index contributed by atoms with van der Waals surface area (Å²) in [6.07, 6.45) is -0.639. The molecule has 0 unspecified atom stereocenters. The van der Waals surface area contributed by atoms with Crippen molar-refractivity contribution in [3.05, 3.63) is 21.3 Å². The zero-order valence-electron chi connectivity index (χ0n) is 6.99. The lowest BCUT2D eigenvalue weighted by Crippen LogP contribution is -2.14. The minimum Gasteiger partial charge on any atom is -0.459 e. The van der Waals surface area contributed by atoms with Crippen LogP contribution in [-0.2, 0) is 4.74 Å². The van der Waals surface area contributed by atoms with Gasteiger partial charge in [-0.2, -0.15) is 0 Å². The second-order valence-electron chi connectivity index (χ2n) is 2.55. The number of carbonyl (C=O) groups is 1. The lowest BCUT2D eigenvalue weighted by atomic mass is 10.4. The average Bonchev–Trinajstić information content (AvgIpc) is 2.47. The predicted molar refractivity (Wildman–Crippen MR) is 51.3 cm³/mol. The zero-order valence-corrected chi connectivity index (χ0v) is 8.56. The zero-order chi connectivity index (χ0) is 9.84. The van der Waals surface area contributed by atoms with E-state index >= 15 is 0 Å². The topological polar surface area (TPSA) is 46.5 Å². The third-order valence-corrected chi connectivity index (χ3v) is 2.44. The number of hydrogen-bond acceptors (Lipinski definition) is 4. The molecule has 1 rings (SSSR count). The smallest absolute Gasteiger partial charge is 0.348 e. The van der Waals surface area contributed by atoms with Crippen LogP contribution in [0.1, 0.15) is 16.6 Å². The minimum absolute atomic E-state index is 0.00829. The van der Waals surface area contributed by atoms with Gasteiger partial charge < -0.3 is 9.84 Å². The molecule has 0 bridgehead atoms. The molecular formula is C8H9ClO3S. The second-order valence-corrected chi connectivity index (χ2v) is 4.27. The van der Waals surface area contributed by atoms with E-state index in [1.165, 1.54) is 0 Å². The van der Waals surface area contributed by atoms with Crippen molar-refractivity contribution in [3.63, 3.8) is 0 Å². The Morgan fingerprint density at radius 3 is 2.92 bits per heavy atom. The number of ether oxygens (including phenoxy) is 1. The molecule has 1 N–H and O–H groups in total. The molecule has 0 aliphatic carbocycles. The third-order valence-electron chi connectivity index (χ3n) is 1.23. The van der Waals surface area contributed by atoms with E-state index in [9.17, 15) is 4.79 Å². The number of hydrogen-bond donors (Lipinski definition) is 1. The monoisotopic (exact) mass is 220 g/mol. The lowest BCUT2D eigenvalue weighted by molar-refractivity contribution is 0.0301. The van der Waals surface area contributed by atoms with E-state index in [1.54, 1.807) is 19.1 Å². The SMILES string of the molecule is C[C@H](O)COC(=O)c1ccc(Cl)s1. The van der Waals surface area contributed by atoms with Gasteiger partial charge in [-0.1, -0.05) is 11.6 Å². The maximum absolute atomic E-state index is 11.2. The Bertz CT molecular complexity index is 295. The predicted octanol–water partition coefficient (Wildman–Crippen LogP) is 1.94. The molecule has 72 valence electrons. The van der Waals surface area contributed by atoms with Crippen LogP contribution >= 0.6 is 22.9 Å². The molecule has 5 heteroatoms. The number of rotatable bonds is 3. The van der Waals surface area contributed by atoms with Crippen LogP contribution in [0, 0.1) is 0 Å². The number of thiophene rings is 1. The van der Waals surface area contributed by atoms with Gasteiger partial charge in [0.25, 0.3) is 0 Å². The van der Waals surface area contributed by atoms with E-state index in [1.807, 2.05) is 0 Å². The Balaban J connectivity index is 2.49. The molecule has 0 saturated carbocycles. The lowest BCUT2D eigenvalue weighted by Gasteiger charge is -2.04. The van der Waals surface area contributed by atoms with E-state index in [2.05, 4.69) is 0 Å². The standard InChI is InChI=1S/C8H9ClO3S/c1-5(10)4-12-8(11)6-2-3-7(9)13-6/h2-3,5,10H,4H2,1H3/t5-/m0/s1. The summed E-state index contributed by atoms with van der Waals surface area (Å²) in [5, 5.41) is 8.85. The highest BCUT2D eigenvalue weighted by atomic mass is 35.5. The van der Waals surface area contributed by atoms with Gasteiger partial charge in [-0.25, -0.2) is 4.79 Å². The van der Waals surface area contributed by atoms with Crippen molar-refractivity contribution in [3.8, 4) is 0 Å². The summed E-state index contributed by atoms with van der Waals surface area (Å²) in [6.45, 7) is 1.56. The van der Waals surface area contributed by atoms with Crippen molar-refractivity contribution in [2.45, 2.75) is 13.0 Å². The Kier molecular flexibility index (Phi) is 3.71. The van der Waals surface area contributed by atoms with Gasteiger partial charge >= 0.3 is 5.97 Å². The van der Waals surface area contributed by atoms with Gasteiger partial charge in [0.15, 0.2) is 0 Å². The fourth-order valence-electron chi connectivity index (χ4n) is 0.691. The van der Waals surface area contributed by atoms with Gasteiger partial charge in [-0.3, -0.25) is 0 Å². The summed E-state index contributed by atoms with van der Waals surface area (Å²) in [7, 11) is 0. The van der Waals surface area contributed by atoms with E-state index < -0.39 is 12.1 Å². The first-order valence-corrected chi connectivity index (χ1v) is 4.89. The highest BCUT2D eigenvalue weighted by molar-refractivity contribution is 7.17. The van der Waals surface area contributed by atoms with Gasteiger partial charge in [-0.05, 0) is 19.1 Å². The summed E-state index contributed by atoms with van der Waals surface area (Å²) in [6, 6.07) is 3.22. The van der Waals surface area contributed by atoms with E-state index in [0.717, 1.165) is 11.3 Å². The molecule has 1 atom stereocenters. The third kappa shape index (κ3) is 3.34. The van der Waals surface area contributed by atoms with E-state index in [-0.39, 0.29) is 6.61 Å². The molecule has 0 aliphatic rings. The Morgan fingerprint density at radius 1 is 1.77 bits per heavy atom. The Labute approximate surface area is 84.9 Å². The van der Waals surface area contributed by atoms with Crippen LogP contribution in [0.15, 0.2) is 12.1 Å². The van der Waals surface area contributed by atoms with Crippen molar-refractivity contribution in [1.82, 2.24) is 0 Å². The summed E-state index contributed by atoms with van der Waals surface area (Å²) in [5.41, 5.74) is 0. The first-order valence-electron chi connectivity index (χ1n) is 3.70. The van der Waals surface area contributed by atoms with Crippen molar-refractivity contribution in [2.75, 3.05) is 6.61 Å². The van der Waals surface area contributed by atoms with Crippen molar-refractivity contribution in [1.29, 1.82) is 0 Å². The van der Waals surface area contributed by atoms with Crippen molar-refractivity contribution in [2.24, 2.45) is 0 Å². The number of aliphatic hydroxyl groups excluding tert-OH is 1. The molecule has 0 saturated heterocycles. The largest absolute Gasteiger partial charge is 0.459 e. The number of aliphatic hydroxyl groups is 1. The molecule has 1 aromatic rings. The van der Waals surface area contributed by atoms with Crippen molar-refractivity contribution < 1.29 is 14.6 Å². The van der Waals surface area contributed by atoms with Gasteiger partial charge in [0, 0.05) is 0 Å². The van der Waals surface area contributed by atoms with Crippen LogP contribution < -0.4 is 0 Å². The molecule has 0 fully saturated rings. The van der Waals surface area contributed by atoms with Gasteiger partial charge in [0.1, 0.15) is 11.5 Å². The first-order chi connectivity index (χ1) is 6.09. The Hall–Kier alpha value is -0.580. The highest BCUT2D eigenvalue weighted by Gasteiger charge is 2.10. The fraction of sp³-hybridized carbons (Fsp3) is 0.375.